The first-order valence-electron chi connectivity index (χ1n) is 8.28. The van der Waals surface area contributed by atoms with Crippen molar-refractivity contribution in [3.63, 3.8) is 0 Å². The number of rotatable bonds is 5. The summed E-state index contributed by atoms with van der Waals surface area (Å²) in [4.78, 5) is 32.5. The minimum absolute atomic E-state index is 0.0709. The molecular weight excluding hydrogens is 415 g/mol. The van der Waals surface area contributed by atoms with Gasteiger partial charge in [-0.1, -0.05) is 17.7 Å². The van der Waals surface area contributed by atoms with E-state index in [4.69, 9.17) is 22.1 Å². The number of nitrogens with zero attached hydrogens (tertiary/aromatic N) is 3. The monoisotopic (exact) mass is 429 g/mol. The zero-order valence-corrected chi connectivity index (χ0v) is 15.5. The summed E-state index contributed by atoms with van der Waals surface area (Å²) >= 11 is 5.89. The smallest absolute Gasteiger partial charge is 0.416 e. The van der Waals surface area contributed by atoms with Gasteiger partial charge in [0.1, 0.15) is 12.6 Å². The number of anilines is 1. The SMILES string of the molecule is NC(=O)C1CN(c2ncc(OCc3c(Cl)cccc3C(F)(F)F)cn2)CC(=O)N1. The highest BCUT2D eigenvalue weighted by Gasteiger charge is 2.34. The largest absolute Gasteiger partial charge is 0.486 e. The molecule has 0 saturated carbocycles. The molecule has 0 radical (unpaired) electrons. The van der Waals surface area contributed by atoms with Gasteiger partial charge in [-0.05, 0) is 12.1 Å². The molecule has 2 aromatic rings. The van der Waals surface area contributed by atoms with Crippen LogP contribution in [0.15, 0.2) is 30.6 Å². The lowest BCUT2D eigenvalue weighted by Crippen LogP contribution is -2.59. The number of nitrogens with one attached hydrogen (secondary N) is 1. The van der Waals surface area contributed by atoms with Crippen molar-refractivity contribution in [2.75, 3.05) is 18.0 Å². The van der Waals surface area contributed by atoms with Crippen LogP contribution in [-0.4, -0.2) is 40.9 Å². The average Bonchev–Trinajstić information content (AvgIpc) is 2.66. The van der Waals surface area contributed by atoms with Crippen LogP contribution in [0.2, 0.25) is 5.02 Å². The van der Waals surface area contributed by atoms with Gasteiger partial charge in [0, 0.05) is 10.6 Å². The highest BCUT2D eigenvalue weighted by Crippen LogP contribution is 2.35. The van der Waals surface area contributed by atoms with Crippen LogP contribution in [0.4, 0.5) is 19.1 Å². The molecule has 1 aromatic heterocycles. The number of amides is 2. The molecule has 1 unspecified atom stereocenters. The molecule has 1 aliphatic heterocycles. The Hall–Kier alpha value is -3.08. The number of piperazine rings is 1. The summed E-state index contributed by atoms with van der Waals surface area (Å²) < 4.78 is 44.7. The van der Waals surface area contributed by atoms with Crippen molar-refractivity contribution in [3.05, 3.63) is 46.7 Å². The predicted octanol–water partition coefficient (Wildman–Crippen LogP) is 1.52. The summed E-state index contributed by atoms with van der Waals surface area (Å²) in [6.45, 7) is -0.415. The van der Waals surface area contributed by atoms with Crippen LogP contribution in [0.5, 0.6) is 5.75 Å². The summed E-state index contributed by atoms with van der Waals surface area (Å²) in [5.41, 5.74) is 4.12. The molecule has 0 spiro atoms. The fourth-order valence-electron chi connectivity index (χ4n) is 2.73. The Bertz CT molecular complexity index is 924. The number of halogens is 4. The number of benzene rings is 1. The molecule has 1 aromatic carbocycles. The second kappa shape index (κ2) is 8.11. The molecule has 1 aliphatic rings. The van der Waals surface area contributed by atoms with Crippen molar-refractivity contribution < 1.29 is 27.5 Å². The van der Waals surface area contributed by atoms with Gasteiger partial charge in [0.25, 0.3) is 0 Å². The quantitative estimate of drug-likeness (QED) is 0.745. The van der Waals surface area contributed by atoms with Gasteiger partial charge < -0.3 is 20.7 Å². The first-order valence-corrected chi connectivity index (χ1v) is 8.66. The van der Waals surface area contributed by atoms with Gasteiger partial charge in [0.2, 0.25) is 17.8 Å². The summed E-state index contributed by atoms with van der Waals surface area (Å²) in [6.07, 6.45) is -2.08. The number of carbonyl (C=O) groups is 2. The maximum Gasteiger partial charge on any atom is 0.416 e. The predicted molar refractivity (Wildman–Crippen MR) is 96.2 cm³/mol. The number of primary amides is 1. The number of hydrogen-bond donors (Lipinski definition) is 2. The van der Waals surface area contributed by atoms with Crippen LogP contribution >= 0.6 is 11.6 Å². The Kier molecular flexibility index (Phi) is 5.78. The van der Waals surface area contributed by atoms with Gasteiger partial charge in [-0.2, -0.15) is 13.2 Å². The summed E-state index contributed by atoms with van der Waals surface area (Å²) in [5, 5.41) is 2.37. The molecule has 0 bridgehead atoms. The van der Waals surface area contributed by atoms with Crippen LogP contribution in [0.25, 0.3) is 0 Å². The Balaban J connectivity index is 1.71. The Morgan fingerprint density at radius 2 is 2.03 bits per heavy atom. The van der Waals surface area contributed by atoms with Crippen molar-refractivity contribution >= 4 is 29.4 Å². The number of aromatic nitrogens is 2. The minimum atomic E-state index is -4.57. The van der Waals surface area contributed by atoms with E-state index < -0.39 is 36.2 Å². The van der Waals surface area contributed by atoms with E-state index in [2.05, 4.69) is 15.3 Å². The van der Waals surface area contributed by atoms with Crippen LogP contribution < -0.4 is 20.7 Å². The van der Waals surface area contributed by atoms with E-state index >= 15 is 0 Å². The lowest BCUT2D eigenvalue weighted by atomic mass is 10.1. The van der Waals surface area contributed by atoms with E-state index in [1.165, 1.54) is 29.4 Å². The van der Waals surface area contributed by atoms with Crippen molar-refractivity contribution in [2.45, 2.75) is 18.8 Å². The van der Waals surface area contributed by atoms with Gasteiger partial charge in [-0.15, -0.1) is 0 Å². The summed E-state index contributed by atoms with van der Waals surface area (Å²) in [6, 6.07) is 2.59. The topological polar surface area (TPSA) is 110 Å². The third-order valence-electron chi connectivity index (χ3n) is 4.12. The van der Waals surface area contributed by atoms with Crippen molar-refractivity contribution in [1.82, 2.24) is 15.3 Å². The molecule has 8 nitrogen and oxygen atoms in total. The summed E-state index contributed by atoms with van der Waals surface area (Å²) in [5.74, 6) is -0.854. The standard InChI is InChI=1S/C17H15ClF3N5O3/c18-12-3-1-2-11(17(19,20)21)10(12)8-29-9-4-23-16(24-5-9)26-6-13(15(22)28)25-14(27)7-26/h1-5,13H,6-8H2,(H2,22,28)(H,25,27). The van der Waals surface area contributed by atoms with Crippen LogP contribution in [0, 0.1) is 0 Å². The van der Waals surface area contributed by atoms with E-state index in [-0.39, 0.29) is 35.4 Å². The van der Waals surface area contributed by atoms with E-state index in [0.717, 1.165) is 6.07 Å². The number of ether oxygens (including phenoxy) is 1. The average molecular weight is 430 g/mol. The zero-order chi connectivity index (χ0) is 21.2. The van der Waals surface area contributed by atoms with E-state index in [0.29, 0.717) is 0 Å². The van der Waals surface area contributed by atoms with Crippen molar-refractivity contribution in [3.8, 4) is 5.75 Å². The molecule has 3 rings (SSSR count). The lowest BCUT2D eigenvalue weighted by molar-refractivity contribution is -0.138. The van der Waals surface area contributed by atoms with Gasteiger partial charge in [-0.25, -0.2) is 9.97 Å². The Morgan fingerprint density at radius 3 is 2.66 bits per heavy atom. The van der Waals surface area contributed by atoms with Gasteiger partial charge in [0.15, 0.2) is 5.75 Å². The molecule has 1 saturated heterocycles. The molecule has 2 amide bonds. The highest BCUT2D eigenvalue weighted by atomic mass is 35.5. The molecular formula is C17H15ClF3N5O3. The third-order valence-corrected chi connectivity index (χ3v) is 4.47. The zero-order valence-electron chi connectivity index (χ0n) is 14.7. The van der Waals surface area contributed by atoms with Gasteiger partial charge >= 0.3 is 6.18 Å². The molecule has 0 aliphatic carbocycles. The van der Waals surface area contributed by atoms with E-state index in [1.54, 1.807) is 0 Å². The van der Waals surface area contributed by atoms with Crippen LogP contribution in [0.1, 0.15) is 11.1 Å². The fourth-order valence-corrected chi connectivity index (χ4v) is 2.96. The number of carbonyl (C=O) groups excluding carboxylic acids is 2. The second-order valence-electron chi connectivity index (χ2n) is 6.17. The first-order chi connectivity index (χ1) is 13.6. The molecule has 3 N–H and O–H groups in total. The molecule has 154 valence electrons. The minimum Gasteiger partial charge on any atom is -0.486 e. The second-order valence-corrected chi connectivity index (χ2v) is 6.58. The maximum atomic E-state index is 13.1. The highest BCUT2D eigenvalue weighted by molar-refractivity contribution is 6.31. The van der Waals surface area contributed by atoms with E-state index in [1.807, 2.05) is 0 Å². The molecule has 12 heteroatoms. The Labute approximate surface area is 167 Å². The normalized spacial score (nSPS) is 17.0. The van der Waals surface area contributed by atoms with E-state index in [9.17, 15) is 22.8 Å². The van der Waals surface area contributed by atoms with Crippen LogP contribution in [-0.2, 0) is 22.4 Å². The lowest BCUT2D eigenvalue weighted by Gasteiger charge is -2.31. The first kappa shape index (κ1) is 20.6. The fraction of sp³-hybridized carbons (Fsp3) is 0.294. The van der Waals surface area contributed by atoms with Crippen LogP contribution in [0.3, 0.4) is 0 Å². The maximum absolute atomic E-state index is 13.1. The summed E-state index contributed by atoms with van der Waals surface area (Å²) in [7, 11) is 0. The van der Waals surface area contributed by atoms with Gasteiger partial charge in [0.05, 0.1) is 31.0 Å². The number of nitrogens with two attached hydrogens (primary N) is 1. The van der Waals surface area contributed by atoms with Crippen molar-refractivity contribution in [1.29, 1.82) is 0 Å². The Morgan fingerprint density at radius 1 is 1.34 bits per heavy atom. The molecule has 29 heavy (non-hydrogen) atoms. The third kappa shape index (κ3) is 4.86. The number of hydrogen-bond acceptors (Lipinski definition) is 6. The molecule has 2 heterocycles. The molecule has 1 atom stereocenters. The van der Waals surface area contributed by atoms with Crippen molar-refractivity contribution in [2.24, 2.45) is 5.73 Å². The number of alkyl halides is 3. The molecule has 1 fully saturated rings. The van der Waals surface area contributed by atoms with Gasteiger partial charge in [-0.3, -0.25) is 9.59 Å².